The predicted octanol–water partition coefficient (Wildman–Crippen LogP) is 2.65. The van der Waals surface area contributed by atoms with E-state index in [4.69, 9.17) is 0 Å². The van der Waals surface area contributed by atoms with E-state index in [1.54, 1.807) is 30.4 Å². The summed E-state index contributed by atoms with van der Waals surface area (Å²) in [7, 11) is -1.88. The predicted molar refractivity (Wildman–Crippen MR) is 102 cm³/mol. The third kappa shape index (κ3) is 2.95. The van der Waals surface area contributed by atoms with Gasteiger partial charge in [0.2, 0.25) is 10.0 Å². The summed E-state index contributed by atoms with van der Waals surface area (Å²) in [5.74, 6) is -0.175. The Balaban J connectivity index is 1.99. The lowest BCUT2D eigenvalue weighted by atomic mass is 10.1. The van der Waals surface area contributed by atoms with Crippen LogP contribution in [0.2, 0.25) is 0 Å². The SMILES string of the molecule is CCN(CC)S(=O)(=O)c1cc(C(=O)N2c3ccccc3C[C@@H]2C)n(C)c1. The van der Waals surface area contributed by atoms with Gasteiger partial charge in [-0.25, -0.2) is 8.42 Å². The highest BCUT2D eigenvalue weighted by atomic mass is 32.2. The molecule has 3 rings (SSSR count). The van der Waals surface area contributed by atoms with Crippen LogP contribution in [0.4, 0.5) is 5.69 Å². The second-order valence-electron chi connectivity index (χ2n) is 6.62. The minimum Gasteiger partial charge on any atom is -0.345 e. The monoisotopic (exact) mass is 375 g/mol. The van der Waals surface area contributed by atoms with Crippen molar-refractivity contribution in [2.75, 3.05) is 18.0 Å². The third-order valence-corrected chi connectivity index (χ3v) is 6.98. The molecule has 2 heterocycles. The Labute approximate surface area is 155 Å². The Morgan fingerprint density at radius 1 is 1.23 bits per heavy atom. The fraction of sp³-hybridized carbons (Fsp3) is 0.421. The maximum Gasteiger partial charge on any atom is 0.275 e. The lowest BCUT2D eigenvalue weighted by Crippen LogP contribution is -2.36. The van der Waals surface area contributed by atoms with Crippen LogP contribution in [0.5, 0.6) is 0 Å². The molecule has 26 heavy (non-hydrogen) atoms. The fourth-order valence-corrected chi connectivity index (χ4v) is 5.13. The van der Waals surface area contributed by atoms with Crippen molar-refractivity contribution in [1.82, 2.24) is 8.87 Å². The van der Waals surface area contributed by atoms with Crippen molar-refractivity contribution >= 4 is 21.6 Å². The van der Waals surface area contributed by atoms with Crippen LogP contribution in [0.15, 0.2) is 41.4 Å². The van der Waals surface area contributed by atoms with E-state index in [2.05, 4.69) is 0 Å². The Bertz CT molecular complexity index is 929. The quantitative estimate of drug-likeness (QED) is 0.807. The van der Waals surface area contributed by atoms with Gasteiger partial charge in [-0.3, -0.25) is 4.79 Å². The largest absolute Gasteiger partial charge is 0.345 e. The Hall–Kier alpha value is -2.12. The van der Waals surface area contributed by atoms with Gasteiger partial charge >= 0.3 is 0 Å². The van der Waals surface area contributed by atoms with Crippen LogP contribution in [0.1, 0.15) is 36.8 Å². The van der Waals surface area contributed by atoms with Gasteiger partial charge in [-0.15, -0.1) is 0 Å². The van der Waals surface area contributed by atoms with E-state index in [1.807, 2.05) is 31.2 Å². The zero-order valence-corrected chi connectivity index (χ0v) is 16.5. The smallest absolute Gasteiger partial charge is 0.275 e. The lowest BCUT2D eigenvalue weighted by molar-refractivity contribution is 0.0973. The Morgan fingerprint density at radius 2 is 1.88 bits per heavy atom. The molecule has 6 nitrogen and oxygen atoms in total. The first kappa shape index (κ1) is 18.7. The van der Waals surface area contributed by atoms with Gasteiger partial charge in [-0.1, -0.05) is 32.0 Å². The van der Waals surface area contributed by atoms with Crippen molar-refractivity contribution in [3.63, 3.8) is 0 Å². The van der Waals surface area contributed by atoms with Gasteiger partial charge in [0.1, 0.15) is 10.6 Å². The maximum atomic E-state index is 13.2. The van der Waals surface area contributed by atoms with Crippen molar-refractivity contribution in [2.24, 2.45) is 7.05 Å². The van der Waals surface area contributed by atoms with Gasteiger partial charge in [0.05, 0.1) is 0 Å². The van der Waals surface area contributed by atoms with Crippen molar-refractivity contribution < 1.29 is 13.2 Å². The highest BCUT2D eigenvalue weighted by molar-refractivity contribution is 7.89. The van der Waals surface area contributed by atoms with E-state index in [9.17, 15) is 13.2 Å². The second kappa shape index (κ2) is 6.89. The zero-order valence-electron chi connectivity index (χ0n) is 15.6. The number of aromatic nitrogens is 1. The average molecular weight is 375 g/mol. The number of amides is 1. The molecular formula is C19H25N3O3S. The Morgan fingerprint density at radius 3 is 2.54 bits per heavy atom. The first-order valence-electron chi connectivity index (χ1n) is 8.89. The third-order valence-electron chi connectivity index (χ3n) is 4.97. The van der Waals surface area contributed by atoms with Crippen LogP contribution >= 0.6 is 0 Å². The summed E-state index contributed by atoms with van der Waals surface area (Å²) in [5, 5.41) is 0. The topological polar surface area (TPSA) is 62.6 Å². The number of nitrogens with zero attached hydrogens (tertiary/aromatic N) is 3. The second-order valence-corrected chi connectivity index (χ2v) is 8.56. The number of rotatable bonds is 5. The van der Waals surface area contributed by atoms with Gasteiger partial charge in [0.25, 0.3) is 5.91 Å². The van der Waals surface area contributed by atoms with Crippen molar-refractivity contribution in [2.45, 2.75) is 38.1 Å². The highest BCUT2D eigenvalue weighted by Gasteiger charge is 2.33. The fourth-order valence-electron chi connectivity index (χ4n) is 3.60. The van der Waals surface area contributed by atoms with Gasteiger partial charge in [0.15, 0.2) is 0 Å². The molecule has 0 bridgehead atoms. The van der Waals surface area contributed by atoms with Gasteiger partial charge in [-0.05, 0) is 31.0 Å². The Kier molecular flexibility index (Phi) is 4.94. The van der Waals surface area contributed by atoms with Crippen LogP contribution in [-0.4, -0.2) is 42.3 Å². The van der Waals surface area contributed by atoms with E-state index in [-0.39, 0.29) is 16.8 Å². The van der Waals surface area contributed by atoms with Crippen molar-refractivity contribution in [3.05, 3.63) is 47.8 Å². The van der Waals surface area contributed by atoms with E-state index in [0.29, 0.717) is 18.8 Å². The van der Waals surface area contributed by atoms with E-state index in [0.717, 1.165) is 17.7 Å². The number of para-hydroxylation sites is 1. The molecule has 0 aliphatic carbocycles. The molecule has 1 amide bonds. The van der Waals surface area contributed by atoms with Crippen LogP contribution in [0, 0.1) is 0 Å². The number of sulfonamides is 1. The number of benzene rings is 1. The number of hydrogen-bond acceptors (Lipinski definition) is 3. The van der Waals surface area contributed by atoms with E-state index >= 15 is 0 Å². The molecule has 0 N–H and O–H groups in total. The average Bonchev–Trinajstić information content (AvgIpc) is 3.15. The standard InChI is InChI=1S/C19H25N3O3S/c1-5-21(6-2)26(24,25)16-12-18(20(4)13-16)19(23)22-14(3)11-15-9-7-8-10-17(15)22/h7-10,12-14H,5-6,11H2,1-4H3/t14-/m0/s1. The van der Waals surface area contributed by atoms with Crippen molar-refractivity contribution in [3.8, 4) is 0 Å². The van der Waals surface area contributed by atoms with Crippen LogP contribution in [-0.2, 0) is 23.5 Å². The minimum atomic E-state index is -3.59. The molecule has 1 aliphatic rings. The zero-order chi connectivity index (χ0) is 19.1. The highest BCUT2D eigenvalue weighted by Crippen LogP contribution is 2.33. The van der Waals surface area contributed by atoms with Gasteiger partial charge in [0, 0.05) is 38.1 Å². The molecule has 1 aromatic heterocycles. The molecule has 0 saturated heterocycles. The molecule has 1 aliphatic heterocycles. The molecule has 2 aromatic rings. The first-order chi connectivity index (χ1) is 12.3. The summed E-state index contributed by atoms with van der Waals surface area (Å²) in [5.41, 5.74) is 2.41. The van der Waals surface area contributed by atoms with E-state index < -0.39 is 10.0 Å². The molecule has 7 heteroatoms. The molecule has 0 radical (unpaired) electrons. The molecule has 1 atom stereocenters. The summed E-state index contributed by atoms with van der Waals surface area (Å²) in [6.07, 6.45) is 2.32. The molecule has 0 fully saturated rings. The van der Waals surface area contributed by atoms with Crippen molar-refractivity contribution in [1.29, 1.82) is 0 Å². The van der Waals surface area contributed by atoms with Gasteiger partial charge in [-0.2, -0.15) is 4.31 Å². The van der Waals surface area contributed by atoms with Crippen LogP contribution in [0.25, 0.3) is 0 Å². The normalized spacial score (nSPS) is 17.0. The molecule has 140 valence electrons. The summed E-state index contributed by atoms with van der Waals surface area (Å²) >= 11 is 0. The number of carbonyl (C=O) groups is 1. The molecule has 0 spiro atoms. The van der Waals surface area contributed by atoms with Crippen LogP contribution in [0.3, 0.4) is 0 Å². The van der Waals surface area contributed by atoms with Crippen LogP contribution < -0.4 is 4.90 Å². The molecule has 0 unspecified atom stereocenters. The summed E-state index contributed by atoms with van der Waals surface area (Å²) in [6, 6.07) is 9.38. The number of carbonyl (C=O) groups excluding carboxylic acids is 1. The van der Waals surface area contributed by atoms with Gasteiger partial charge < -0.3 is 9.47 Å². The van der Waals surface area contributed by atoms with E-state index in [1.165, 1.54) is 16.6 Å². The lowest BCUT2D eigenvalue weighted by Gasteiger charge is -2.22. The molecule has 1 aromatic carbocycles. The number of hydrogen-bond donors (Lipinski definition) is 0. The first-order valence-corrected chi connectivity index (χ1v) is 10.3. The maximum absolute atomic E-state index is 13.2. The summed E-state index contributed by atoms with van der Waals surface area (Å²) in [4.78, 5) is 15.1. The summed E-state index contributed by atoms with van der Waals surface area (Å²) in [6.45, 7) is 6.41. The summed E-state index contributed by atoms with van der Waals surface area (Å²) < 4.78 is 28.5. The number of fused-ring (bicyclic) bond motifs is 1. The minimum absolute atomic E-state index is 0.0395. The molecular weight excluding hydrogens is 350 g/mol. The molecule has 0 saturated carbocycles. The number of anilines is 1. The number of aryl methyl sites for hydroxylation is 1.